The van der Waals surface area contributed by atoms with Gasteiger partial charge in [0.15, 0.2) is 0 Å². The van der Waals surface area contributed by atoms with Gasteiger partial charge in [-0.1, -0.05) is 28.4 Å². The van der Waals surface area contributed by atoms with Crippen molar-refractivity contribution in [3.05, 3.63) is 49.0 Å². The number of nitrogens with one attached hydrogen (secondary N) is 2. The molecule has 0 spiro atoms. The van der Waals surface area contributed by atoms with Crippen molar-refractivity contribution in [1.29, 1.82) is 0 Å². The van der Waals surface area contributed by atoms with Crippen molar-refractivity contribution >= 4 is 54.8 Å². The first-order valence-electron chi connectivity index (χ1n) is 8.27. The lowest BCUT2D eigenvalue weighted by atomic mass is 9.91. The van der Waals surface area contributed by atoms with Crippen molar-refractivity contribution in [3.8, 4) is 0 Å². The summed E-state index contributed by atoms with van der Waals surface area (Å²) in [5.41, 5.74) is 0.834. The summed E-state index contributed by atoms with van der Waals surface area (Å²) in [6, 6.07) is 7.53. The van der Waals surface area contributed by atoms with Crippen molar-refractivity contribution in [1.82, 2.24) is 5.32 Å². The largest absolute Gasteiger partial charge is 0.376 e. The minimum atomic E-state index is -0.817. The van der Waals surface area contributed by atoms with E-state index >= 15 is 0 Å². The molecule has 0 radical (unpaired) electrons. The smallest absolute Gasteiger partial charge is 0.265 e. The summed E-state index contributed by atoms with van der Waals surface area (Å²) >= 11 is 8.45. The van der Waals surface area contributed by atoms with Gasteiger partial charge >= 0.3 is 0 Å². The van der Waals surface area contributed by atoms with Crippen LogP contribution in [0.4, 0.5) is 5.69 Å². The van der Waals surface area contributed by atoms with Crippen LogP contribution >= 0.6 is 43.2 Å². The molecule has 1 aromatic heterocycles. The fourth-order valence-electron chi connectivity index (χ4n) is 3.06. The molecule has 1 aromatic carbocycles. The van der Waals surface area contributed by atoms with Crippen LogP contribution in [-0.4, -0.2) is 16.7 Å². The predicted octanol–water partition coefficient (Wildman–Crippen LogP) is 5.27. The lowest BCUT2D eigenvalue weighted by Gasteiger charge is -2.33. The summed E-state index contributed by atoms with van der Waals surface area (Å²) in [5, 5.41) is 18.8. The van der Waals surface area contributed by atoms with Gasteiger partial charge in [0, 0.05) is 15.5 Å². The van der Waals surface area contributed by atoms with E-state index in [0.717, 1.165) is 45.9 Å². The molecule has 3 N–H and O–H groups in total. The minimum Gasteiger partial charge on any atom is -0.376 e. The maximum atomic E-state index is 12.4. The van der Waals surface area contributed by atoms with E-state index in [1.165, 1.54) is 17.8 Å². The van der Waals surface area contributed by atoms with E-state index in [1.807, 2.05) is 23.6 Å². The Balaban J connectivity index is 1.79. The molecule has 1 fully saturated rings. The van der Waals surface area contributed by atoms with Gasteiger partial charge in [0.25, 0.3) is 5.91 Å². The van der Waals surface area contributed by atoms with Gasteiger partial charge in [0.05, 0.1) is 10.6 Å². The first kappa shape index (κ1) is 19.0. The van der Waals surface area contributed by atoms with Gasteiger partial charge in [0.2, 0.25) is 0 Å². The number of carbonyl (C=O) groups excluding carboxylic acids is 1. The average Bonchev–Trinajstić information content (AvgIpc) is 3.11. The molecule has 0 saturated heterocycles. The molecule has 3 rings (SSSR count). The highest BCUT2D eigenvalue weighted by molar-refractivity contribution is 9.11. The number of thiophene rings is 1. The van der Waals surface area contributed by atoms with Crippen molar-refractivity contribution in [2.75, 3.05) is 5.32 Å². The molecule has 25 heavy (non-hydrogen) atoms. The van der Waals surface area contributed by atoms with Crippen LogP contribution in [0.2, 0.25) is 0 Å². The number of halogens is 2. The van der Waals surface area contributed by atoms with E-state index in [0.29, 0.717) is 11.4 Å². The monoisotopic (exact) mass is 486 g/mol. The summed E-state index contributed by atoms with van der Waals surface area (Å²) in [6.45, 7) is 0.481. The van der Waals surface area contributed by atoms with Crippen LogP contribution in [0, 0.1) is 0 Å². The minimum absolute atomic E-state index is 0.129. The SMILES string of the molecule is O=C(Nc1c(Br)cc(Br)cc1CNC1(O)CCCCC1)c1cccs1. The first-order valence-corrected chi connectivity index (χ1v) is 10.7. The van der Waals surface area contributed by atoms with E-state index in [2.05, 4.69) is 42.5 Å². The Hall–Kier alpha value is -0.730. The molecule has 2 aromatic rings. The Morgan fingerprint density at radius 3 is 2.68 bits per heavy atom. The van der Waals surface area contributed by atoms with Crippen LogP contribution < -0.4 is 10.6 Å². The third-order valence-corrected chi connectivity index (χ3v) is 6.36. The number of hydrogen-bond donors (Lipinski definition) is 3. The third-order valence-electron chi connectivity index (χ3n) is 4.41. The Morgan fingerprint density at radius 1 is 1.24 bits per heavy atom. The summed E-state index contributed by atoms with van der Waals surface area (Å²) in [5.74, 6) is -0.129. The average molecular weight is 488 g/mol. The number of anilines is 1. The number of carbonyl (C=O) groups is 1. The van der Waals surface area contributed by atoms with Gasteiger partial charge in [0.1, 0.15) is 5.72 Å². The number of benzene rings is 1. The predicted molar refractivity (Wildman–Crippen MR) is 109 cm³/mol. The molecular weight excluding hydrogens is 468 g/mol. The topological polar surface area (TPSA) is 61.4 Å². The molecule has 134 valence electrons. The molecule has 0 bridgehead atoms. The highest BCUT2D eigenvalue weighted by Crippen LogP contribution is 2.33. The van der Waals surface area contributed by atoms with Crippen LogP contribution in [0.25, 0.3) is 0 Å². The van der Waals surface area contributed by atoms with E-state index in [1.54, 1.807) is 6.07 Å². The third kappa shape index (κ3) is 4.92. The summed E-state index contributed by atoms with van der Waals surface area (Å²) in [6.07, 6.45) is 4.77. The molecule has 1 aliphatic carbocycles. The fraction of sp³-hybridized carbons (Fsp3) is 0.389. The van der Waals surface area contributed by atoms with E-state index in [9.17, 15) is 9.90 Å². The van der Waals surface area contributed by atoms with Crippen LogP contribution in [0.5, 0.6) is 0 Å². The quantitative estimate of drug-likeness (QED) is 0.503. The van der Waals surface area contributed by atoms with Crippen molar-refractivity contribution < 1.29 is 9.90 Å². The molecule has 1 aliphatic rings. The van der Waals surface area contributed by atoms with E-state index < -0.39 is 5.72 Å². The van der Waals surface area contributed by atoms with Gasteiger partial charge in [-0.15, -0.1) is 11.3 Å². The van der Waals surface area contributed by atoms with Gasteiger partial charge < -0.3 is 10.4 Å². The molecule has 1 heterocycles. The molecular formula is C18H20Br2N2O2S. The van der Waals surface area contributed by atoms with Crippen LogP contribution in [-0.2, 0) is 6.54 Å². The number of rotatable bonds is 5. The number of amides is 1. The summed E-state index contributed by atoms with van der Waals surface area (Å²) in [4.78, 5) is 13.1. The van der Waals surface area contributed by atoms with Crippen LogP contribution in [0.3, 0.4) is 0 Å². The van der Waals surface area contributed by atoms with Crippen molar-refractivity contribution in [3.63, 3.8) is 0 Å². The number of hydrogen-bond acceptors (Lipinski definition) is 4. The lowest BCUT2D eigenvalue weighted by molar-refractivity contribution is -0.0295. The highest BCUT2D eigenvalue weighted by atomic mass is 79.9. The zero-order valence-electron chi connectivity index (χ0n) is 13.6. The molecule has 1 saturated carbocycles. The first-order chi connectivity index (χ1) is 12.0. The van der Waals surface area contributed by atoms with Crippen molar-refractivity contribution in [2.24, 2.45) is 0 Å². The van der Waals surface area contributed by atoms with Crippen LogP contribution in [0.15, 0.2) is 38.6 Å². The highest BCUT2D eigenvalue weighted by Gasteiger charge is 2.28. The fourth-order valence-corrected chi connectivity index (χ4v) is 5.09. The molecule has 7 heteroatoms. The molecule has 0 atom stereocenters. The summed E-state index contributed by atoms with van der Waals surface area (Å²) < 4.78 is 1.72. The zero-order valence-corrected chi connectivity index (χ0v) is 17.6. The van der Waals surface area contributed by atoms with Gasteiger partial charge in [-0.2, -0.15) is 0 Å². The Bertz CT molecular complexity index is 744. The second-order valence-corrected chi connectivity index (χ2v) is 9.02. The second-order valence-electron chi connectivity index (χ2n) is 6.30. The number of aliphatic hydroxyl groups is 1. The Labute approximate surface area is 168 Å². The van der Waals surface area contributed by atoms with Gasteiger partial charge in [-0.25, -0.2) is 0 Å². The standard InChI is InChI=1S/C18H20Br2N2O2S/c19-13-9-12(11-21-18(24)6-2-1-3-7-18)16(14(20)10-13)22-17(23)15-5-4-8-25-15/h4-5,8-10,21,24H,1-3,6-7,11H2,(H,22,23). The molecule has 0 aliphatic heterocycles. The van der Waals surface area contributed by atoms with E-state index in [4.69, 9.17) is 0 Å². The zero-order chi connectivity index (χ0) is 17.9. The Morgan fingerprint density at radius 2 is 2.00 bits per heavy atom. The van der Waals surface area contributed by atoms with E-state index in [-0.39, 0.29) is 5.91 Å². The maximum absolute atomic E-state index is 12.4. The second kappa shape index (κ2) is 8.31. The molecule has 1 amide bonds. The normalized spacial score (nSPS) is 16.6. The molecule has 4 nitrogen and oxygen atoms in total. The van der Waals surface area contributed by atoms with Crippen LogP contribution in [0.1, 0.15) is 47.3 Å². The van der Waals surface area contributed by atoms with Gasteiger partial charge in [-0.05, 0) is 70.8 Å². The Kier molecular flexibility index (Phi) is 6.33. The molecule has 0 unspecified atom stereocenters. The maximum Gasteiger partial charge on any atom is 0.265 e. The summed E-state index contributed by atoms with van der Waals surface area (Å²) in [7, 11) is 0. The lowest BCUT2D eigenvalue weighted by Crippen LogP contribution is -2.46. The van der Waals surface area contributed by atoms with Crippen molar-refractivity contribution in [2.45, 2.75) is 44.4 Å². The van der Waals surface area contributed by atoms with Gasteiger partial charge in [-0.3, -0.25) is 10.1 Å².